The molecule has 1 saturated heterocycles. The van der Waals surface area contributed by atoms with Gasteiger partial charge in [0.25, 0.3) is 0 Å². The van der Waals surface area contributed by atoms with Crippen LogP contribution in [0.5, 0.6) is 0 Å². The molecule has 1 N–H and O–H groups in total. The van der Waals surface area contributed by atoms with Gasteiger partial charge in [-0.15, -0.1) is 0 Å². The molecule has 7 unspecified atom stereocenters. The second kappa shape index (κ2) is 6.65. The number of fused-ring (bicyclic) bond motifs is 5. The van der Waals surface area contributed by atoms with E-state index >= 15 is 0 Å². The van der Waals surface area contributed by atoms with Crippen molar-refractivity contribution in [3.8, 4) is 0 Å². The Morgan fingerprint density at radius 1 is 1.04 bits per heavy atom. The van der Waals surface area contributed by atoms with Crippen molar-refractivity contribution in [1.29, 1.82) is 0 Å². The Hall–Kier alpha value is -0.710. The molecular formula is C24H38N2O2. The van der Waals surface area contributed by atoms with Crippen molar-refractivity contribution in [3.05, 3.63) is 11.6 Å². The highest BCUT2D eigenvalue weighted by atomic mass is 16.3. The van der Waals surface area contributed by atoms with Crippen LogP contribution in [-0.2, 0) is 4.79 Å². The van der Waals surface area contributed by atoms with Crippen LogP contribution < -0.4 is 0 Å². The Labute approximate surface area is 170 Å². The minimum atomic E-state index is -0.139. The van der Waals surface area contributed by atoms with Crippen LogP contribution in [0.3, 0.4) is 0 Å². The maximum Gasteiger partial charge on any atom is 0.156 e. The Morgan fingerprint density at radius 2 is 1.75 bits per heavy atom. The highest BCUT2D eigenvalue weighted by Crippen LogP contribution is 2.64. The van der Waals surface area contributed by atoms with Gasteiger partial charge in [-0.1, -0.05) is 25.5 Å². The van der Waals surface area contributed by atoms with Crippen LogP contribution in [-0.4, -0.2) is 66.1 Å². The number of Topliss-reactive ketones (excluding diaryl/α,β-unsaturated/α-hetero) is 1. The zero-order chi connectivity index (χ0) is 19.7. The van der Waals surface area contributed by atoms with Crippen molar-refractivity contribution in [2.75, 3.05) is 33.2 Å². The highest BCUT2D eigenvalue weighted by molar-refractivity contribution is 5.92. The molecule has 5 rings (SSSR count). The minimum Gasteiger partial charge on any atom is -0.393 e. The average molecular weight is 387 g/mol. The van der Waals surface area contributed by atoms with Crippen molar-refractivity contribution >= 4 is 5.78 Å². The molecule has 0 aromatic rings. The molecule has 4 fully saturated rings. The maximum atomic E-state index is 13.6. The van der Waals surface area contributed by atoms with Gasteiger partial charge in [0.2, 0.25) is 0 Å². The van der Waals surface area contributed by atoms with Crippen molar-refractivity contribution < 1.29 is 9.90 Å². The summed E-state index contributed by atoms with van der Waals surface area (Å²) in [5.41, 5.74) is 1.68. The van der Waals surface area contributed by atoms with E-state index in [4.69, 9.17) is 0 Å². The van der Waals surface area contributed by atoms with Crippen LogP contribution in [0.2, 0.25) is 0 Å². The van der Waals surface area contributed by atoms with E-state index in [0.29, 0.717) is 23.5 Å². The number of allylic oxidation sites excluding steroid dienone is 1. The summed E-state index contributed by atoms with van der Waals surface area (Å²) in [4.78, 5) is 18.5. The van der Waals surface area contributed by atoms with Crippen LogP contribution in [0.4, 0.5) is 0 Å². The van der Waals surface area contributed by atoms with Gasteiger partial charge in [-0.05, 0) is 75.2 Å². The van der Waals surface area contributed by atoms with E-state index in [0.717, 1.165) is 64.7 Å². The third-order valence-corrected chi connectivity index (χ3v) is 9.79. The topological polar surface area (TPSA) is 43.8 Å². The molecular weight excluding hydrogens is 348 g/mol. The Kier molecular flexibility index (Phi) is 4.57. The van der Waals surface area contributed by atoms with E-state index in [-0.39, 0.29) is 23.0 Å². The second-order valence-electron chi connectivity index (χ2n) is 11.1. The first-order valence-electron chi connectivity index (χ1n) is 11.7. The summed E-state index contributed by atoms with van der Waals surface area (Å²) in [7, 11) is 2.19. The van der Waals surface area contributed by atoms with Crippen molar-refractivity contribution in [2.24, 2.45) is 28.6 Å². The average Bonchev–Trinajstić information content (AvgIpc) is 2.94. The second-order valence-corrected chi connectivity index (χ2v) is 11.1. The van der Waals surface area contributed by atoms with Crippen molar-refractivity contribution in [1.82, 2.24) is 9.80 Å². The fourth-order valence-corrected chi connectivity index (χ4v) is 7.88. The summed E-state index contributed by atoms with van der Waals surface area (Å²) in [6.45, 7) is 9.04. The molecule has 0 spiro atoms. The van der Waals surface area contributed by atoms with Gasteiger partial charge in [0.1, 0.15) is 0 Å². The maximum absolute atomic E-state index is 13.6. The summed E-state index contributed by atoms with van der Waals surface area (Å²) in [5, 5.41) is 10.2. The zero-order valence-electron chi connectivity index (χ0n) is 18.0. The highest BCUT2D eigenvalue weighted by Gasteiger charge is 2.61. The first-order chi connectivity index (χ1) is 13.3. The molecule has 156 valence electrons. The van der Waals surface area contributed by atoms with Crippen LogP contribution in [0, 0.1) is 28.6 Å². The summed E-state index contributed by atoms with van der Waals surface area (Å²) >= 11 is 0. The lowest BCUT2D eigenvalue weighted by atomic mass is 9.48. The summed E-state index contributed by atoms with van der Waals surface area (Å²) < 4.78 is 0. The molecule has 4 heteroatoms. The lowest BCUT2D eigenvalue weighted by Gasteiger charge is -2.56. The Bertz CT molecular complexity index is 682. The fourth-order valence-electron chi connectivity index (χ4n) is 7.88. The molecule has 0 amide bonds. The molecule has 0 aromatic heterocycles. The lowest BCUT2D eigenvalue weighted by molar-refractivity contribution is -0.135. The number of hydrogen-bond donors (Lipinski definition) is 1. The fraction of sp³-hybridized carbons (Fsp3) is 0.875. The van der Waals surface area contributed by atoms with Gasteiger partial charge in [-0.2, -0.15) is 0 Å². The number of piperazine rings is 1. The minimum absolute atomic E-state index is 0.106. The molecule has 3 saturated carbocycles. The molecule has 0 radical (unpaired) electrons. The van der Waals surface area contributed by atoms with E-state index in [1.807, 2.05) is 0 Å². The smallest absolute Gasteiger partial charge is 0.156 e. The SMILES string of the molecule is CN1CCN(C2CC3C4CC=C5CC(O)CCC5(C)C4CCC3(C)C2=O)CC1. The molecule has 1 aliphatic heterocycles. The molecule has 7 atom stereocenters. The zero-order valence-corrected chi connectivity index (χ0v) is 18.0. The van der Waals surface area contributed by atoms with Crippen LogP contribution in [0.25, 0.3) is 0 Å². The molecule has 1 heterocycles. The van der Waals surface area contributed by atoms with Gasteiger partial charge in [0.05, 0.1) is 12.1 Å². The number of carbonyl (C=O) groups excluding carboxylic acids is 1. The number of hydrogen-bond acceptors (Lipinski definition) is 4. The number of aliphatic hydroxyl groups excluding tert-OH is 1. The first-order valence-corrected chi connectivity index (χ1v) is 11.7. The van der Waals surface area contributed by atoms with Gasteiger partial charge in [-0.3, -0.25) is 9.69 Å². The molecule has 0 bridgehead atoms. The molecule has 4 aliphatic carbocycles. The largest absolute Gasteiger partial charge is 0.393 e. The van der Waals surface area contributed by atoms with Gasteiger partial charge >= 0.3 is 0 Å². The van der Waals surface area contributed by atoms with Gasteiger partial charge in [0.15, 0.2) is 5.78 Å². The van der Waals surface area contributed by atoms with E-state index in [9.17, 15) is 9.90 Å². The quantitative estimate of drug-likeness (QED) is 0.704. The summed E-state index contributed by atoms with van der Waals surface area (Å²) in [5.74, 6) is 2.46. The van der Waals surface area contributed by atoms with Crippen LogP contribution in [0.1, 0.15) is 58.8 Å². The third kappa shape index (κ3) is 2.70. The first kappa shape index (κ1) is 19.3. The predicted octanol–water partition coefficient (Wildman–Crippen LogP) is 3.11. The number of rotatable bonds is 1. The van der Waals surface area contributed by atoms with E-state index in [1.165, 1.54) is 12.0 Å². The number of ketones is 1. The van der Waals surface area contributed by atoms with E-state index in [1.54, 1.807) is 0 Å². The molecule has 5 aliphatic rings. The van der Waals surface area contributed by atoms with Crippen LogP contribution >= 0.6 is 0 Å². The number of aliphatic hydroxyl groups is 1. The van der Waals surface area contributed by atoms with Crippen molar-refractivity contribution in [2.45, 2.75) is 70.9 Å². The standard InChI is InChI=1S/C24H38N2O2/c1-23-8-6-17(27)14-16(23)4-5-18-19(23)7-9-24(2)20(18)15-21(22(24)28)26-12-10-25(3)11-13-26/h4,17-21,27H,5-15H2,1-3H3. The van der Waals surface area contributed by atoms with E-state index in [2.05, 4.69) is 36.8 Å². The Balaban J connectivity index is 1.41. The molecule has 4 nitrogen and oxygen atoms in total. The van der Waals surface area contributed by atoms with Gasteiger partial charge < -0.3 is 10.0 Å². The van der Waals surface area contributed by atoms with Crippen LogP contribution in [0.15, 0.2) is 11.6 Å². The third-order valence-electron chi connectivity index (χ3n) is 9.79. The van der Waals surface area contributed by atoms with Gasteiger partial charge in [0, 0.05) is 31.6 Å². The predicted molar refractivity (Wildman–Crippen MR) is 111 cm³/mol. The monoisotopic (exact) mass is 386 g/mol. The Morgan fingerprint density at radius 3 is 2.50 bits per heavy atom. The lowest BCUT2D eigenvalue weighted by Crippen LogP contribution is -2.52. The number of carbonyl (C=O) groups is 1. The normalized spacial score (nSPS) is 49.9. The summed E-state index contributed by atoms with van der Waals surface area (Å²) in [6, 6.07) is 0.161. The molecule has 28 heavy (non-hydrogen) atoms. The van der Waals surface area contributed by atoms with Gasteiger partial charge in [-0.25, -0.2) is 0 Å². The number of likely N-dealkylation sites (N-methyl/N-ethyl adjacent to an activating group) is 1. The molecule has 0 aromatic carbocycles. The number of nitrogens with zero attached hydrogens (tertiary/aromatic N) is 2. The van der Waals surface area contributed by atoms with E-state index < -0.39 is 0 Å². The summed E-state index contributed by atoms with van der Waals surface area (Å²) in [6.07, 6.45) is 9.78. The van der Waals surface area contributed by atoms with Crippen molar-refractivity contribution in [3.63, 3.8) is 0 Å².